The fraction of sp³-hybridized carbons (Fsp3) is 0.200. The van der Waals surface area contributed by atoms with E-state index < -0.39 is 59.5 Å². The molecule has 0 heterocycles. The third-order valence-corrected chi connectivity index (χ3v) is 4.74. The van der Waals surface area contributed by atoms with E-state index in [0.717, 1.165) is 7.11 Å². The number of benzene rings is 2. The zero-order valence-electron chi connectivity index (χ0n) is 19.3. The zero-order valence-corrected chi connectivity index (χ0v) is 19.3. The molecule has 0 bridgehead atoms. The van der Waals surface area contributed by atoms with E-state index in [1.165, 1.54) is 36.4 Å². The molecular formula is C25H21F7N2O3. The number of carbonyl (C=O) groups excluding carboxylic acids is 2. The Hall–Kier alpha value is -4.09. The molecule has 0 radical (unpaired) electrons. The van der Waals surface area contributed by atoms with Crippen LogP contribution in [0.15, 0.2) is 90.2 Å². The second-order valence-corrected chi connectivity index (χ2v) is 7.55. The monoisotopic (exact) mass is 530 g/mol. The molecule has 12 heteroatoms. The number of amides is 1. The van der Waals surface area contributed by atoms with Crippen LogP contribution in [-0.2, 0) is 16.0 Å². The lowest BCUT2D eigenvalue weighted by atomic mass is 10.0. The molecule has 0 spiro atoms. The minimum absolute atomic E-state index is 0.127. The number of carbonyl (C=O) groups is 2. The molecule has 2 aromatic carbocycles. The molecule has 2 N–H and O–H groups in total. The number of nitrogens with one attached hydrogen (secondary N) is 2. The number of halogens is 7. The first-order valence-corrected chi connectivity index (χ1v) is 10.5. The highest BCUT2D eigenvalue weighted by atomic mass is 19.4. The maximum Gasteiger partial charge on any atom is 0.395 e. The molecule has 2 rings (SSSR count). The van der Waals surface area contributed by atoms with Gasteiger partial charge >= 0.3 is 12.1 Å². The number of rotatable bonds is 10. The highest BCUT2D eigenvalue weighted by Crippen LogP contribution is 2.31. The van der Waals surface area contributed by atoms with Crippen LogP contribution in [0.4, 0.5) is 36.4 Å². The number of esters is 1. The van der Waals surface area contributed by atoms with Gasteiger partial charge in [-0.05, 0) is 29.8 Å². The summed E-state index contributed by atoms with van der Waals surface area (Å²) in [6, 6.07) is 12.4. The van der Waals surface area contributed by atoms with Crippen molar-refractivity contribution in [1.82, 2.24) is 5.32 Å². The Bertz CT molecular complexity index is 1210. The third kappa shape index (κ3) is 8.81. The van der Waals surface area contributed by atoms with Crippen LogP contribution < -0.4 is 10.6 Å². The summed E-state index contributed by atoms with van der Waals surface area (Å²) in [5, 5.41) is 4.39. The Balaban J connectivity index is 2.46. The van der Waals surface area contributed by atoms with Crippen molar-refractivity contribution in [2.45, 2.75) is 25.1 Å². The van der Waals surface area contributed by atoms with Crippen molar-refractivity contribution in [3.8, 4) is 0 Å². The SMILES string of the molecule is C=C(F)/C(F)=C(NC(=O)[C@H](Cc1cccc(C(=O)OC)c1)Nc1ccccc1)\C(F)=C(\F)CC(F)(F)F. The normalized spacial score (nSPS) is 13.6. The van der Waals surface area contributed by atoms with E-state index in [4.69, 9.17) is 0 Å². The maximum absolute atomic E-state index is 14.5. The lowest BCUT2D eigenvalue weighted by Crippen LogP contribution is -2.41. The quantitative estimate of drug-likeness (QED) is 0.213. The molecule has 0 saturated carbocycles. The van der Waals surface area contributed by atoms with Crippen molar-refractivity contribution in [2.24, 2.45) is 0 Å². The van der Waals surface area contributed by atoms with Crippen molar-refractivity contribution >= 4 is 17.6 Å². The standard InChI is InChI=1S/C25H21F7N2O3/c1-14(26)20(28)22(21(29)18(27)13-25(30,31)32)34-23(35)19(33-17-9-4-3-5-10-17)12-15-7-6-8-16(11-15)24(36)37-2/h3-11,19,33H,1,12-13H2,2H3,(H,34,35)/b21-18-,22-20-/t19-/m0/s1. The molecule has 0 saturated heterocycles. The molecule has 0 aliphatic rings. The molecule has 1 amide bonds. The van der Waals surface area contributed by atoms with Gasteiger partial charge in [-0.3, -0.25) is 4.79 Å². The largest absolute Gasteiger partial charge is 0.465 e. The Morgan fingerprint density at radius 3 is 2.19 bits per heavy atom. The second kappa shape index (κ2) is 12.7. The average Bonchev–Trinajstić information content (AvgIpc) is 2.85. The van der Waals surface area contributed by atoms with Crippen molar-refractivity contribution in [1.29, 1.82) is 0 Å². The fourth-order valence-corrected chi connectivity index (χ4v) is 3.06. The van der Waals surface area contributed by atoms with E-state index in [1.807, 2.05) is 0 Å². The molecule has 0 unspecified atom stereocenters. The van der Waals surface area contributed by atoms with Gasteiger partial charge in [0.15, 0.2) is 17.5 Å². The van der Waals surface area contributed by atoms with Gasteiger partial charge in [0, 0.05) is 12.1 Å². The van der Waals surface area contributed by atoms with E-state index in [9.17, 15) is 40.3 Å². The smallest absolute Gasteiger partial charge is 0.395 e. The molecular weight excluding hydrogens is 509 g/mol. The topological polar surface area (TPSA) is 67.4 Å². The average molecular weight is 530 g/mol. The predicted molar refractivity (Wildman–Crippen MR) is 122 cm³/mol. The molecule has 37 heavy (non-hydrogen) atoms. The number of hydrogen-bond acceptors (Lipinski definition) is 4. The summed E-state index contributed by atoms with van der Waals surface area (Å²) >= 11 is 0. The lowest BCUT2D eigenvalue weighted by molar-refractivity contribution is -0.130. The summed E-state index contributed by atoms with van der Waals surface area (Å²) in [6.45, 7) is 2.57. The van der Waals surface area contributed by atoms with Gasteiger partial charge in [0.2, 0.25) is 5.91 Å². The van der Waals surface area contributed by atoms with Crippen LogP contribution in [-0.4, -0.2) is 31.2 Å². The zero-order chi connectivity index (χ0) is 27.8. The molecule has 0 aromatic heterocycles. The maximum atomic E-state index is 14.5. The minimum Gasteiger partial charge on any atom is -0.465 e. The van der Waals surface area contributed by atoms with E-state index in [-0.39, 0.29) is 12.0 Å². The van der Waals surface area contributed by atoms with Crippen LogP contribution in [0, 0.1) is 0 Å². The van der Waals surface area contributed by atoms with E-state index in [0.29, 0.717) is 11.3 Å². The molecule has 0 aliphatic carbocycles. The van der Waals surface area contributed by atoms with Gasteiger partial charge in [0.05, 0.1) is 19.1 Å². The fourth-order valence-electron chi connectivity index (χ4n) is 3.06. The molecule has 0 fully saturated rings. The summed E-state index contributed by atoms with van der Waals surface area (Å²) in [7, 11) is 1.16. The van der Waals surface area contributed by atoms with E-state index in [2.05, 4.69) is 16.6 Å². The summed E-state index contributed by atoms with van der Waals surface area (Å²) in [5.74, 6) is -11.0. The molecule has 1 atom stereocenters. The number of para-hydroxylation sites is 1. The summed E-state index contributed by atoms with van der Waals surface area (Å²) in [4.78, 5) is 24.9. The van der Waals surface area contributed by atoms with Gasteiger partial charge in [0.25, 0.3) is 0 Å². The Labute approximate surface area is 207 Å². The Morgan fingerprint density at radius 2 is 1.62 bits per heavy atom. The predicted octanol–water partition coefficient (Wildman–Crippen LogP) is 6.38. The number of anilines is 1. The first-order chi connectivity index (χ1) is 17.3. The van der Waals surface area contributed by atoms with Crippen LogP contribution in [0.2, 0.25) is 0 Å². The number of alkyl halides is 3. The van der Waals surface area contributed by atoms with Crippen LogP contribution in [0.5, 0.6) is 0 Å². The molecule has 2 aromatic rings. The second-order valence-electron chi connectivity index (χ2n) is 7.55. The number of methoxy groups -OCH3 is 1. The highest BCUT2D eigenvalue weighted by molar-refractivity contribution is 5.90. The first kappa shape index (κ1) is 29.1. The van der Waals surface area contributed by atoms with Gasteiger partial charge in [-0.15, -0.1) is 0 Å². The Morgan fingerprint density at radius 1 is 0.973 bits per heavy atom. The van der Waals surface area contributed by atoms with Crippen molar-refractivity contribution in [3.05, 3.63) is 101 Å². The van der Waals surface area contributed by atoms with Crippen molar-refractivity contribution in [2.75, 3.05) is 12.4 Å². The lowest BCUT2D eigenvalue weighted by Gasteiger charge is -2.21. The van der Waals surface area contributed by atoms with Gasteiger partial charge in [-0.25, -0.2) is 22.4 Å². The van der Waals surface area contributed by atoms with Crippen LogP contribution in [0.3, 0.4) is 0 Å². The number of hydrogen-bond donors (Lipinski definition) is 2. The first-order valence-electron chi connectivity index (χ1n) is 10.5. The van der Waals surface area contributed by atoms with Crippen molar-refractivity contribution < 1.29 is 45.1 Å². The molecule has 0 aliphatic heterocycles. The number of ether oxygens (including phenoxy) is 1. The summed E-state index contributed by atoms with van der Waals surface area (Å²) in [6.07, 6.45) is -7.86. The Kier molecular flexibility index (Phi) is 10.0. The van der Waals surface area contributed by atoms with E-state index in [1.54, 1.807) is 23.5 Å². The summed E-state index contributed by atoms with van der Waals surface area (Å²) in [5.41, 5.74) is -0.941. The van der Waals surface area contributed by atoms with Crippen molar-refractivity contribution in [3.63, 3.8) is 0 Å². The molecule has 5 nitrogen and oxygen atoms in total. The van der Waals surface area contributed by atoms with Gasteiger partial charge in [-0.2, -0.15) is 13.2 Å². The van der Waals surface area contributed by atoms with Crippen LogP contribution >= 0.6 is 0 Å². The van der Waals surface area contributed by atoms with Gasteiger partial charge in [0.1, 0.15) is 17.6 Å². The molecule has 198 valence electrons. The van der Waals surface area contributed by atoms with Crippen LogP contribution in [0.25, 0.3) is 0 Å². The van der Waals surface area contributed by atoms with Crippen LogP contribution in [0.1, 0.15) is 22.3 Å². The summed E-state index contributed by atoms with van der Waals surface area (Å²) < 4.78 is 98.2. The third-order valence-electron chi connectivity index (χ3n) is 4.74. The number of allylic oxidation sites excluding steroid dienone is 4. The van der Waals surface area contributed by atoms with E-state index >= 15 is 0 Å². The highest BCUT2D eigenvalue weighted by Gasteiger charge is 2.33. The van der Waals surface area contributed by atoms with Gasteiger partial charge < -0.3 is 15.4 Å². The van der Waals surface area contributed by atoms with Gasteiger partial charge in [-0.1, -0.05) is 36.9 Å². The minimum atomic E-state index is -5.21.